The largest absolute Gasteiger partial charge is 0.351 e. The second-order valence-electron chi connectivity index (χ2n) is 6.50. The Hall–Kier alpha value is -1.61. The summed E-state index contributed by atoms with van der Waals surface area (Å²) in [5.74, 6) is 1.15. The zero-order valence-electron chi connectivity index (χ0n) is 13.3. The van der Waals surface area contributed by atoms with Crippen LogP contribution in [0.4, 0.5) is 5.82 Å². The van der Waals surface area contributed by atoms with E-state index in [0.717, 1.165) is 25.5 Å². The van der Waals surface area contributed by atoms with Crippen molar-refractivity contribution in [2.75, 3.05) is 18.0 Å². The number of nitrogens with one attached hydrogen (secondary N) is 1. The van der Waals surface area contributed by atoms with Crippen LogP contribution in [0.1, 0.15) is 39.2 Å². The summed E-state index contributed by atoms with van der Waals surface area (Å²) >= 11 is 0. The van der Waals surface area contributed by atoms with Gasteiger partial charge in [0.2, 0.25) is 0 Å². The highest BCUT2D eigenvalue weighted by Crippen LogP contribution is 2.36. The molecular formula is C18H25N3. The molecular weight excluding hydrogens is 258 g/mol. The summed E-state index contributed by atoms with van der Waals surface area (Å²) in [6.45, 7) is 9.75. The maximum absolute atomic E-state index is 4.82. The Morgan fingerprint density at radius 3 is 2.67 bits per heavy atom. The van der Waals surface area contributed by atoms with E-state index in [-0.39, 0.29) is 5.54 Å². The van der Waals surface area contributed by atoms with E-state index in [2.05, 4.69) is 61.5 Å². The third-order valence-electron chi connectivity index (χ3n) is 4.58. The number of rotatable bonds is 4. The molecule has 1 aliphatic rings. The van der Waals surface area contributed by atoms with Crippen molar-refractivity contribution in [3.63, 3.8) is 0 Å². The first kappa shape index (κ1) is 14.3. The zero-order chi connectivity index (χ0) is 14.9. The van der Waals surface area contributed by atoms with Crippen LogP contribution in [0.15, 0.2) is 30.5 Å². The molecule has 1 aliphatic heterocycles. The molecule has 3 heteroatoms. The van der Waals surface area contributed by atoms with Crippen molar-refractivity contribution in [1.29, 1.82) is 0 Å². The number of anilines is 1. The van der Waals surface area contributed by atoms with E-state index in [0.29, 0.717) is 0 Å². The smallest absolute Gasteiger partial charge is 0.136 e. The molecule has 2 heterocycles. The fourth-order valence-corrected chi connectivity index (χ4v) is 3.35. The van der Waals surface area contributed by atoms with Gasteiger partial charge in [0, 0.05) is 30.2 Å². The minimum atomic E-state index is 0.207. The highest BCUT2D eigenvalue weighted by Gasteiger charge is 2.33. The van der Waals surface area contributed by atoms with Crippen LogP contribution >= 0.6 is 0 Å². The van der Waals surface area contributed by atoms with E-state index in [1.54, 1.807) is 0 Å². The van der Waals surface area contributed by atoms with Crippen LogP contribution in [0, 0.1) is 0 Å². The first-order valence-electron chi connectivity index (χ1n) is 7.98. The average molecular weight is 283 g/mol. The van der Waals surface area contributed by atoms with Gasteiger partial charge in [-0.25, -0.2) is 4.98 Å². The number of pyridine rings is 1. The molecule has 3 rings (SSSR count). The third-order valence-corrected chi connectivity index (χ3v) is 4.58. The van der Waals surface area contributed by atoms with Crippen molar-refractivity contribution in [3.8, 4) is 0 Å². The molecule has 0 bridgehead atoms. The molecule has 0 atom stereocenters. The Kier molecular flexibility index (Phi) is 3.85. The molecule has 1 aromatic heterocycles. The molecule has 1 N–H and O–H groups in total. The fourth-order valence-electron chi connectivity index (χ4n) is 3.35. The molecule has 21 heavy (non-hydrogen) atoms. The first-order valence-corrected chi connectivity index (χ1v) is 7.98. The summed E-state index contributed by atoms with van der Waals surface area (Å²) in [6, 6.07) is 8.67. The molecule has 1 fully saturated rings. The lowest BCUT2D eigenvalue weighted by molar-refractivity contribution is 0.515. The number of nitrogens with zero attached hydrogens (tertiary/aromatic N) is 2. The summed E-state index contributed by atoms with van der Waals surface area (Å²) in [4.78, 5) is 7.30. The van der Waals surface area contributed by atoms with E-state index in [9.17, 15) is 0 Å². The predicted octanol–water partition coefficient (Wildman–Crippen LogP) is 3.72. The van der Waals surface area contributed by atoms with E-state index < -0.39 is 0 Å². The second-order valence-corrected chi connectivity index (χ2v) is 6.50. The Bertz CT molecular complexity index is 633. The fraction of sp³-hybridized carbons (Fsp3) is 0.500. The molecule has 0 saturated carbocycles. The normalized spacial score (nSPS) is 17.6. The van der Waals surface area contributed by atoms with Crippen molar-refractivity contribution < 1.29 is 0 Å². The molecule has 1 saturated heterocycles. The SMILES string of the molecule is CCNCc1cnc(N2CCCC2(C)C)c2ccccc12. The number of aromatic nitrogens is 1. The summed E-state index contributed by atoms with van der Waals surface area (Å²) in [5, 5.41) is 6.01. The monoisotopic (exact) mass is 283 g/mol. The van der Waals surface area contributed by atoms with Crippen LogP contribution in [0.25, 0.3) is 10.8 Å². The summed E-state index contributed by atoms with van der Waals surface area (Å²) in [5.41, 5.74) is 1.49. The van der Waals surface area contributed by atoms with Crippen LogP contribution in [0.2, 0.25) is 0 Å². The van der Waals surface area contributed by atoms with Gasteiger partial charge in [0.05, 0.1) is 0 Å². The topological polar surface area (TPSA) is 28.2 Å². The molecule has 0 unspecified atom stereocenters. The van der Waals surface area contributed by atoms with Crippen molar-refractivity contribution >= 4 is 16.6 Å². The minimum Gasteiger partial charge on any atom is -0.351 e. The number of hydrogen-bond acceptors (Lipinski definition) is 3. The van der Waals surface area contributed by atoms with Gasteiger partial charge in [-0.3, -0.25) is 0 Å². The van der Waals surface area contributed by atoms with Crippen LogP contribution in [-0.2, 0) is 6.54 Å². The lowest BCUT2D eigenvalue weighted by Gasteiger charge is -2.33. The molecule has 0 amide bonds. The average Bonchev–Trinajstić information content (AvgIpc) is 2.84. The van der Waals surface area contributed by atoms with Gasteiger partial charge < -0.3 is 10.2 Å². The predicted molar refractivity (Wildman–Crippen MR) is 89.8 cm³/mol. The first-order chi connectivity index (χ1) is 10.1. The van der Waals surface area contributed by atoms with E-state index in [1.165, 1.54) is 29.2 Å². The Morgan fingerprint density at radius 2 is 2.00 bits per heavy atom. The van der Waals surface area contributed by atoms with Crippen molar-refractivity contribution in [2.24, 2.45) is 0 Å². The lowest BCUT2D eigenvalue weighted by atomic mass is 10.0. The molecule has 2 aromatic rings. The van der Waals surface area contributed by atoms with Gasteiger partial charge in [-0.15, -0.1) is 0 Å². The molecule has 0 aliphatic carbocycles. The van der Waals surface area contributed by atoms with Crippen LogP contribution in [0.5, 0.6) is 0 Å². The highest BCUT2D eigenvalue weighted by atomic mass is 15.3. The summed E-state index contributed by atoms with van der Waals surface area (Å²) in [6.07, 6.45) is 4.54. The van der Waals surface area contributed by atoms with Crippen molar-refractivity contribution in [2.45, 2.75) is 45.7 Å². The molecule has 0 radical (unpaired) electrons. The van der Waals surface area contributed by atoms with Gasteiger partial charge in [0.15, 0.2) is 0 Å². The Morgan fingerprint density at radius 1 is 1.24 bits per heavy atom. The second kappa shape index (κ2) is 5.64. The van der Waals surface area contributed by atoms with Crippen LogP contribution in [-0.4, -0.2) is 23.6 Å². The Labute approximate surface area is 127 Å². The highest BCUT2D eigenvalue weighted by molar-refractivity contribution is 5.94. The van der Waals surface area contributed by atoms with E-state index in [4.69, 9.17) is 4.98 Å². The van der Waals surface area contributed by atoms with Crippen LogP contribution in [0.3, 0.4) is 0 Å². The maximum Gasteiger partial charge on any atom is 0.136 e. The number of fused-ring (bicyclic) bond motifs is 1. The molecule has 3 nitrogen and oxygen atoms in total. The van der Waals surface area contributed by atoms with Gasteiger partial charge in [0.1, 0.15) is 5.82 Å². The van der Waals surface area contributed by atoms with Gasteiger partial charge in [-0.2, -0.15) is 0 Å². The number of benzene rings is 1. The zero-order valence-corrected chi connectivity index (χ0v) is 13.3. The van der Waals surface area contributed by atoms with Crippen molar-refractivity contribution in [3.05, 3.63) is 36.0 Å². The standard InChI is InChI=1S/C18H25N3/c1-4-19-12-14-13-20-17(16-9-6-5-8-15(14)16)21-11-7-10-18(21,2)3/h5-6,8-9,13,19H,4,7,10-12H2,1-3H3. The van der Waals surface area contributed by atoms with E-state index in [1.807, 2.05) is 0 Å². The molecule has 0 spiro atoms. The van der Waals surface area contributed by atoms with E-state index >= 15 is 0 Å². The minimum absolute atomic E-state index is 0.207. The third kappa shape index (κ3) is 2.62. The van der Waals surface area contributed by atoms with Crippen molar-refractivity contribution in [1.82, 2.24) is 10.3 Å². The van der Waals surface area contributed by atoms with Gasteiger partial charge in [0.25, 0.3) is 0 Å². The molecule has 112 valence electrons. The van der Waals surface area contributed by atoms with Gasteiger partial charge in [-0.1, -0.05) is 31.2 Å². The summed E-state index contributed by atoms with van der Waals surface area (Å²) in [7, 11) is 0. The van der Waals surface area contributed by atoms with Crippen LogP contribution < -0.4 is 10.2 Å². The maximum atomic E-state index is 4.82. The quantitative estimate of drug-likeness (QED) is 0.927. The van der Waals surface area contributed by atoms with Gasteiger partial charge >= 0.3 is 0 Å². The Balaban J connectivity index is 2.09. The van der Waals surface area contributed by atoms with Gasteiger partial charge in [-0.05, 0) is 44.2 Å². The lowest BCUT2D eigenvalue weighted by Crippen LogP contribution is -2.38. The number of hydrogen-bond donors (Lipinski definition) is 1. The summed E-state index contributed by atoms with van der Waals surface area (Å²) < 4.78 is 0. The molecule has 1 aromatic carbocycles.